The highest BCUT2D eigenvalue weighted by Crippen LogP contribution is 2.14. The molecule has 3 aromatic rings. The van der Waals surface area contributed by atoms with Gasteiger partial charge in [-0.15, -0.1) is 0 Å². The van der Waals surface area contributed by atoms with E-state index in [2.05, 4.69) is 36.2 Å². The van der Waals surface area contributed by atoms with Gasteiger partial charge in [0.15, 0.2) is 5.82 Å². The van der Waals surface area contributed by atoms with E-state index in [9.17, 15) is 4.79 Å². The van der Waals surface area contributed by atoms with E-state index in [4.69, 9.17) is 4.98 Å². The smallest absolute Gasteiger partial charge is 0.258 e. The van der Waals surface area contributed by atoms with E-state index in [1.807, 2.05) is 24.3 Å². The SMILES string of the molecule is C[C@@H](c1nc2ccccc2c(=O)[nH]1)[NH+]1CCc2ccccc2C1. The largest absolute Gasteiger partial charge is 0.322 e. The van der Waals surface area contributed by atoms with Crippen molar-refractivity contribution >= 4 is 10.9 Å². The van der Waals surface area contributed by atoms with Crippen LogP contribution >= 0.6 is 0 Å². The van der Waals surface area contributed by atoms with E-state index in [0.29, 0.717) is 5.39 Å². The molecule has 4 nitrogen and oxygen atoms in total. The molecule has 2 aromatic carbocycles. The van der Waals surface area contributed by atoms with Gasteiger partial charge < -0.3 is 9.88 Å². The predicted molar refractivity (Wildman–Crippen MR) is 90.5 cm³/mol. The second-order valence-corrected chi connectivity index (χ2v) is 6.29. The number of H-pyrrole nitrogens is 1. The first kappa shape index (κ1) is 14.2. The van der Waals surface area contributed by atoms with Gasteiger partial charge in [0, 0.05) is 12.0 Å². The highest BCUT2D eigenvalue weighted by atomic mass is 16.1. The Labute approximate surface area is 134 Å². The van der Waals surface area contributed by atoms with Crippen molar-refractivity contribution in [3.8, 4) is 0 Å². The van der Waals surface area contributed by atoms with Gasteiger partial charge in [0.1, 0.15) is 12.6 Å². The van der Waals surface area contributed by atoms with Gasteiger partial charge in [-0.25, -0.2) is 4.98 Å². The van der Waals surface area contributed by atoms with E-state index in [-0.39, 0.29) is 11.6 Å². The van der Waals surface area contributed by atoms with Crippen LogP contribution in [-0.2, 0) is 13.0 Å². The molecule has 1 aliphatic heterocycles. The molecule has 116 valence electrons. The van der Waals surface area contributed by atoms with Crippen LogP contribution in [0.3, 0.4) is 0 Å². The summed E-state index contributed by atoms with van der Waals surface area (Å²) in [5.41, 5.74) is 3.58. The average Bonchev–Trinajstić information content (AvgIpc) is 2.60. The molecule has 4 rings (SSSR count). The standard InChI is InChI=1S/C19H19N3O/c1-13(22-11-10-14-6-2-3-7-15(14)12-22)18-20-17-9-5-4-8-16(17)19(23)21-18/h2-9,13H,10-12H2,1H3,(H,20,21,23)/p+1/t13-/m0/s1. The first-order chi connectivity index (χ1) is 11.2. The Morgan fingerprint density at radius 3 is 2.70 bits per heavy atom. The lowest BCUT2D eigenvalue weighted by Gasteiger charge is -2.30. The highest BCUT2D eigenvalue weighted by Gasteiger charge is 2.26. The number of aromatic nitrogens is 2. The van der Waals surface area contributed by atoms with Crippen molar-refractivity contribution in [3.63, 3.8) is 0 Å². The van der Waals surface area contributed by atoms with Crippen molar-refractivity contribution in [1.82, 2.24) is 9.97 Å². The highest BCUT2D eigenvalue weighted by molar-refractivity contribution is 5.77. The Balaban J connectivity index is 1.67. The Bertz CT molecular complexity index is 916. The maximum atomic E-state index is 12.3. The average molecular weight is 306 g/mol. The molecule has 1 unspecified atom stereocenters. The molecule has 2 heterocycles. The molecule has 1 aliphatic rings. The number of para-hydroxylation sites is 1. The fraction of sp³-hybridized carbons (Fsp3) is 0.263. The number of fused-ring (bicyclic) bond motifs is 2. The fourth-order valence-electron chi connectivity index (χ4n) is 3.47. The lowest BCUT2D eigenvalue weighted by atomic mass is 9.99. The summed E-state index contributed by atoms with van der Waals surface area (Å²) in [6.07, 6.45) is 1.08. The monoisotopic (exact) mass is 306 g/mol. The van der Waals surface area contributed by atoms with Crippen molar-refractivity contribution < 1.29 is 4.90 Å². The van der Waals surface area contributed by atoms with Crippen molar-refractivity contribution in [2.75, 3.05) is 6.54 Å². The number of rotatable bonds is 2. The lowest BCUT2D eigenvalue weighted by Crippen LogP contribution is -3.11. The third-order valence-electron chi connectivity index (χ3n) is 4.91. The van der Waals surface area contributed by atoms with E-state index >= 15 is 0 Å². The van der Waals surface area contributed by atoms with Crippen LogP contribution in [0.15, 0.2) is 53.3 Å². The van der Waals surface area contributed by atoms with Gasteiger partial charge in [-0.3, -0.25) is 4.79 Å². The van der Waals surface area contributed by atoms with Crippen molar-refractivity contribution in [3.05, 3.63) is 75.8 Å². The molecule has 4 heteroatoms. The van der Waals surface area contributed by atoms with Gasteiger partial charge in [-0.1, -0.05) is 36.4 Å². The fourth-order valence-corrected chi connectivity index (χ4v) is 3.47. The lowest BCUT2D eigenvalue weighted by molar-refractivity contribution is -0.945. The van der Waals surface area contributed by atoms with Crippen LogP contribution in [0.1, 0.15) is 29.9 Å². The van der Waals surface area contributed by atoms with Gasteiger partial charge in [-0.2, -0.15) is 0 Å². The van der Waals surface area contributed by atoms with Crippen molar-refractivity contribution in [1.29, 1.82) is 0 Å². The molecule has 0 spiro atoms. The summed E-state index contributed by atoms with van der Waals surface area (Å²) >= 11 is 0. The summed E-state index contributed by atoms with van der Waals surface area (Å²) in [5, 5.41) is 0.655. The second kappa shape index (κ2) is 5.63. The maximum Gasteiger partial charge on any atom is 0.258 e. The molecule has 0 saturated carbocycles. The van der Waals surface area contributed by atoms with Crippen LogP contribution in [-0.4, -0.2) is 16.5 Å². The number of aromatic amines is 1. The zero-order valence-electron chi connectivity index (χ0n) is 13.2. The zero-order chi connectivity index (χ0) is 15.8. The normalized spacial score (nSPS) is 18.6. The molecule has 0 radical (unpaired) electrons. The quantitative estimate of drug-likeness (QED) is 0.756. The van der Waals surface area contributed by atoms with Gasteiger partial charge in [-0.05, 0) is 24.6 Å². The molecule has 1 aromatic heterocycles. The van der Waals surface area contributed by atoms with Gasteiger partial charge >= 0.3 is 0 Å². The first-order valence-electron chi connectivity index (χ1n) is 8.12. The van der Waals surface area contributed by atoms with Crippen LogP contribution in [0.2, 0.25) is 0 Å². The number of nitrogens with one attached hydrogen (secondary N) is 2. The van der Waals surface area contributed by atoms with Gasteiger partial charge in [0.2, 0.25) is 0 Å². The molecule has 0 aliphatic carbocycles. The van der Waals surface area contributed by atoms with E-state index < -0.39 is 0 Å². The maximum absolute atomic E-state index is 12.3. The minimum Gasteiger partial charge on any atom is -0.322 e. The molecule has 0 saturated heterocycles. The molecule has 2 atom stereocenters. The predicted octanol–water partition coefficient (Wildman–Crippen LogP) is 1.63. The minimum absolute atomic E-state index is 0.0470. The number of quaternary nitrogens is 1. The Morgan fingerprint density at radius 2 is 1.83 bits per heavy atom. The van der Waals surface area contributed by atoms with Crippen LogP contribution in [0.4, 0.5) is 0 Å². The number of hydrogen-bond donors (Lipinski definition) is 2. The van der Waals surface area contributed by atoms with E-state index in [0.717, 1.165) is 30.9 Å². The Kier molecular flexibility index (Phi) is 3.46. The molecular weight excluding hydrogens is 286 g/mol. The molecular formula is C19H20N3O+. The van der Waals surface area contributed by atoms with Crippen LogP contribution < -0.4 is 10.5 Å². The number of hydrogen-bond acceptors (Lipinski definition) is 2. The molecule has 0 bridgehead atoms. The summed E-state index contributed by atoms with van der Waals surface area (Å²) in [5.74, 6) is 0.781. The Morgan fingerprint density at radius 1 is 1.09 bits per heavy atom. The summed E-state index contributed by atoms with van der Waals surface area (Å²) in [4.78, 5) is 21.4. The number of benzene rings is 2. The first-order valence-corrected chi connectivity index (χ1v) is 8.12. The minimum atomic E-state index is -0.0470. The third kappa shape index (κ3) is 2.55. The molecule has 0 fully saturated rings. The number of nitrogens with zero attached hydrogens (tertiary/aromatic N) is 1. The van der Waals surface area contributed by atoms with Crippen molar-refractivity contribution in [2.24, 2.45) is 0 Å². The zero-order valence-corrected chi connectivity index (χ0v) is 13.2. The molecule has 2 N–H and O–H groups in total. The summed E-state index contributed by atoms with van der Waals surface area (Å²) in [6, 6.07) is 16.3. The van der Waals surface area contributed by atoms with Crippen molar-refractivity contribution in [2.45, 2.75) is 25.9 Å². The van der Waals surface area contributed by atoms with E-state index in [1.54, 1.807) is 0 Å². The van der Waals surface area contributed by atoms with E-state index in [1.165, 1.54) is 16.0 Å². The molecule has 0 amide bonds. The second-order valence-electron chi connectivity index (χ2n) is 6.29. The van der Waals surface area contributed by atoms with Crippen LogP contribution in [0.5, 0.6) is 0 Å². The van der Waals surface area contributed by atoms with Gasteiger partial charge in [0.05, 0.1) is 17.4 Å². The van der Waals surface area contributed by atoms with Gasteiger partial charge in [0.25, 0.3) is 5.56 Å². The topological polar surface area (TPSA) is 50.2 Å². The Hall–Kier alpha value is -2.46. The van der Waals surface area contributed by atoms with Crippen LogP contribution in [0, 0.1) is 0 Å². The summed E-state index contributed by atoms with van der Waals surface area (Å²) < 4.78 is 0. The summed E-state index contributed by atoms with van der Waals surface area (Å²) in [6.45, 7) is 4.19. The third-order valence-corrected chi connectivity index (χ3v) is 4.91. The van der Waals surface area contributed by atoms with Crippen LogP contribution in [0.25, 0.3) is 10.9 Å². The summed E-state index contributed by atoms with van der Waals surface area (Å²) in [7, 11) is 0. The molecule has 23 heavy (non-hydrogen) atoms.